The van der Waals surface area contributed by atoms with Gasteiger partial charge in [-0.05, 0) is 56.9 Å². The van der Waals surface area contributed by atoms with Crippen LogP contribution in [0.2, 0.25) is 0 Å². The van der Waals surface area contributed by atoms with Gasteiger partial charge in [-0.3, -0.25) is 4.79 Å². The number of rotatable bonds is 5. The maximum Gasteiger partial charge on any atom is 0.251 e. The summed E-state index contributed by atoms with van der Waals surface area (Å²) < 4.78 is 28.1. The van der Waals surface area contributed by atoms with Gasteiger partial charge in [-0.25, -0.2) is 9.37 Å². The Morgan fingerprint density at radius 1 is 1.24 bits per heavy atom. The van der Waals surface area contributed by atoms with E-state index in [1.807, 2.05) is 13.8 Å². The Morgan fingerprint density at radius 2 is 1.91 bits per heavy atom. The minimum absolute atomic E-state index is 0.256. The Kier molecular flexibility index (Phi) is 10.1. The van der Waals surface area contributed by atoms with Crippen molar-refractivity contribution in [3.63, 3.8) is 0 Å². The fourth-order valence-electron chi connectivity index (χ4n) is 3.83. The third-order valence-electron chi connectivity index (χ3n) is 5.47. The van der Waals surface area contributed by atoms with Crippen LogP contribution in [0.15, 0.2) is 59.3 Å². The van der Waals surface area contributed by atoms with E-state index in [1.54, 1.807) is 13.8 Å². The summed E-state index contributed by atoms with van der Waals surface area (Å²) in [4.78, 5) is 21.4. The molecule has 186 valence electrons. The summed E-state index contributed by atoms with van der Waals surface area (Å²) in [6.45, 7) is 12.6. The van der Waals surface area contributed by atoms with Crippen LogP contribution in [0.25, 0.3) is 0 Å². The van der Waals surface area contributed by atoms with Crippen molar-refractivity contribution in [3.05, 3.63) is 81.9 Å². The number of nitrogens with one attached hydrogen (secondary N) is 3. The number of H-pyrrole nitrogens is 1. The molecule has 3 heterocycles. The second-order valence-corrected chi connectivity index (χ2v) is 7.96. The van der Waals surface area contributed by atoms with Crippen LogP contribution in [0, 0.1) is 12.7 Å². The number of aryl methyl sites for hydroxylation is 1. The van der Waals surface area contributed by atoms with Crippen molar-refractivity contribution in [1.82, 2.24) is 20.6 Å². The summed E-state index contributed by atoms with van der Waals surface area (Å²) in [6.07, 6.45) is 6.89. The van der Waals surface area contributed by atoms with Crippen molar-refractivity contribution in [1.29, 1.82) is 0 Å². The summed E-state index contributed by atoms with van der Waals surface area (Å²) in [5.74, 6) is -0.969. The van der Waals surface area contributed by atoms with Crippen molar-refractivity contribution in [2.24, 2.45) is 0 Å². The molecule has 2 aliphatic rings. The Labute approximate surface area is 199 Å². The molecule has 2 atom stereocenters. The molecule has 0 spiro atoms. The molecule has 9 heteroatoms. The first-order valence-corrected chi connectivity index (χ1v) is 11.6. The minimum atomic E-state index is -0.858. The summed E-state index contributed by atoms with van der Waals surface area (Å²) in [6, 6.07) is 1.36. The molecule has 2 aliphatic heterocycles. The van der Waals surface area contributed by atoms with Gasteiger partial charge in [0.25, 0.3) is 5.56 Å². The Hall–Kier alpha value is -3.36. The largest absolute Gasteiger partial charge is 0.510 e. The number of halogens is 2. The van der Waals surface area contributed by atoms with E-state index in [1.165, 1.54) is 24.3 Å². The predicted octanol–water partition coefficient (Wildman–Crippen LogP) is 4.75. The summed E-state index contributed by atoms with van der Waals surface area (Å²) in [5.41, 5.74) is 1.10. The molecule has 0 saturated carbocycles. The van der Waals surface area contributed by atoms with E-state index in [-0.39, 0.29) is 5.76 Å². The van der Waals surface area contributed by atoms with Gasteiger partial charge in [0, 0.05) is 36.7 Å². The number of dihydropyridines is 1. The van der Waals surface area contributed by atoms with Gasteiger partial charge in [0.05, 0.1) is 6.04 Å². The lowest BCUT2D eigenvalue weighted by atomic mass is 10.0. The number of aromatic nitrogens is 2. The summed E-state index contributed by atoms with van der Waals surface area (Å²) >= 11 is 0. The number of aliphatic hydroxyl groups is 1. The first-order valence-electron chi connectivity index (χ1n) is 11.6. The van der Waals surface area contributed by atoms with E-state index in [4.69, 9.17) is 0 Å². The van der Waals surface area contributed by atoms with Crippen LogP contribution in [0.5, 0.6) is 0 Å². The van der Waals surface area contributed by atoms with Gasteiger partial charge >= 0.3 is 0 Å². The molecule has 7 nitrogen and oxygen atoms in total. The highest BCUT2D eigenvalue weighted by atomic mass is 19.1. The average molecular weight is 476 g/mol. The number of piperidine rings is 1. The standard InChI is InChI=1S/C23H29F2N5O2.C2H6/c1-14(27-19-7-8-20(25)29-23(19)16(3)31)18-11-17(24)13-26-22(32)12-21(28-15(18)2)30-9-5-4-6-10-30;1-2/h7-8,11-14,23,27,29,31H,3-6,9-10H2,1-2H3,(H,26,32);1-2H3. The van der Waals surface area contributed by atoms with E-state index < -0.39 is 29.4 Å². The highest BCUT2D eigenvalue weighted by molar-refractivity contribution is 5.39. The molecule has 2 unspecified atom stereocenters. The predicted molar refractivity (Wildman–Crippen MR) is 132 cm³/mol. The summed E-state index contributed by atoms with van der Waals surface area (Å²) in [7, 11) is 0. The minimum Gasteiger partial charge on any atom is -0.510 e. The molecule has 1 aromatic rings. The molecule has 0 bridgehead atoms. The van der Waals surface area contributed by atoms with Gasteiger partial charge in [-0.2, -0.15) is 4.39 Å². The van der Waals surface area contributed by atoms with E-state index in [0.29, 0.717) is 22.8 Å². The first-order chi connectivity index (χ1) is 16.2. The van der Waals surface area contributed by atoms with Gasteiger partial charge in [0.15, 0.2) is 5.95 Å². The molecule has 34 heavy (non-hydrogen) atoms. The second-order valence-electron chi connectivity index (χ2n) is 7.96. The molecule has 1 fully saturated rings. The van der Waals surface area contributed by atoms with Gasteiger partial charge in [0.2, 0.25) is 0 Å². The molecule has 0 radical (unpaired) electrons. The fraction of sp³-hybridized carbons (Fsp3) is 0.440. The number of aromatic amines is 1. The Balaban J connectivity index is 0.00000199. The maximum absolute atomic E-state index is 14.5. The molecular weight excluding hydrogens is 440 g/mol. The molecule has 0 aromatic carbocycles. The van der Waals surface area contributed by atoms with Crippen LogP contribution >= 0.6 is 0 Å². The number of nitrogens with zero attached hydrogens (tertiary/aromatic N) is 2. The summed E-state index contributed by atoms with van der Waals surface area (Å²) in [5, 5.41) is 15.5. The maximum atomic E-state index is 14.5. The average Bonchev–Trinajstić information content (AvgIpc) is 2.83. The van der Waals surface area contributed by atoms with Crippen LogP contribution in [-0.4, -0.2) is 34.2 Å². The zero-order valence-corrected chi connectivity index (χ0v) is 20.3. The van der Waals surface area contributed by atoms with E-state index in [9.17, 15) is 18.7 Å². The van der Waals surface area contributed by atoms with Crippen LogP contribution in [0.1, 0.15) is 57.3 Å². The highest BCUT2D eigenvalue weighted by Gasteiger charge is 2.23. The molecule has 1 aromatic heterocycles. The topological polar surface area (TPSA) is 93.3 Å². The van der Waals surface area contributed by atoms with Gasteiger partial charge in [0.1, 0.15) is 23.4 Å². The number of aliphatic hydroxyl groups excluding tert-OH is 1. The third kappa shape index (κ3) is 7.33. The van der Waals surface area contributed by atoms with Crippen molar-refractivity contribution in [2.75, 3.05) is 18.0 Å². The lowest BCUT2D eigenvalue weighted by Crippen LogP contribution is -2.39. The monoisotopic (exact) mass is 475 g/mol. The normalized spacial score (nSPS) is 18.2. The zero-order valence-electron chi connectivity index (χ0n) is 20.3. The van der Waals surface area contributed by atoms with E-state index in [2.05, 4.69) is 32.1 Å². The molecule has 3 rings (SSSR count). The molecule has 1 saturated heterocycles. The fourth-order valence-corrected chi connectivity index (χ4v) is 3.83. The molecule has 0 amide bonds. The second kappa shape index (κ2) is 12.8. The first kappa shape index (κ1) is 26.9. The lowest BCUT2D eigenvalue weighted by Gasteiger charge is -2.28. The SMILES string of the molecule is C=C(O)C1NC(F)=CC=C1NC(C)c1cc(F)c[nH]c(=O)cc(N2CCCCC2)nc1C.CC. The highest BCUT2D eigenvalue weighted by Crippen LogP contribution is 2.22. The van der Waals surface area contributed by atoms with Crippen molar-refractivity contribution in [3.8, 4) is 0 Å². The number of anilines is 1. The van der Waals surface area contributed by atoms with Gasteiger partial charge < -0.3 is 25.6 Å². The number of hydrogen-bond acceptors (Lipinski definition) is 6. The Bertz CT molecular complexity index is 1040. The lowest BCUT2D eigenvalue weighted by molar-refractivity contribution is 0.344. The molecular formula is C25H35F2N5O2. The van der Waals surface area contributed by atoms with Gasteiger partial charge in [-0.1, -0.05) is 20.4 Å². The van der Waals surface area contributed by atoms with Crippen LogP contribution in [0.3, 0.4) is 0 Å². The van der Waals surface area contributed by atoms with Crippen molar-refractivity contribution < 1.29 is 13.9 Å². The van der Waals surface area contributed by atoms with Crippen molar-refractivity contribution >= 4 is 5.82 Å². The van der Waals surface area contributed by atoms with Crippen LogP contribution in [0.4, 0.5) is 14.6 Å². The third-order valence-corrected chi connectivity index (χ3v) is 5.47. The Morgan fingerprint density at radius 3 is 2.56 bits per heavy atom. The van der Waals surface area contributed by atoms with Crippen molar-refractivity contribution in [2.45, 2.75) is 59.0 Å². The molecule has 4 N–H and O–H groups in total. The number of hydrogen-bond donors (Lipinski definition) is 4. The van der Waals surface area contributed by atoms with Crippen LogP contribution < -0.4 is 21.1 Å². The van der Waals surface area contributed by atoms with E-state index >= 15 is 0 Å². The smallest absolute Gasteiger partial charge is 0.251 e. The zero-order chi connectivity index (χ0) is 25.3. The van der Waals surface area contributed by atoms with Gasteiger partial charge in [-0.15, -0.1) is 0 Å². The molecule has 0 aliphatic carbocycles. The number of allylic oxidation sites excluding steroid dienone is 2. The van der Waals surface area contributed by atoms with E-state index in [0.717, 1.165) is 38.5 Å². The quantitative estimate of drug-likeness (QED) is 0.363. The van der Waals surface area contributed by atoms with Crippen LogP contribution in [-0.2, 0) is 0 Å².